The van der Waals surface area contributed by atoms with E-state index in [0.717, 1.165) is 30.0 Å². The Balaban J connectivity index is 1.70. The van der Waals surface area contributed by atoms with E-state index in [4.69, 9.17) is 4.74 Å². The van der Waals surface area contributed by atoms with Crippen LogP contribution < -0.4 is 0 Å². The van der Waals surface area contributed by atoms with Crippen LogP contribution in [0, 0.1) is 19.3 Å². The summed E-state index contributed by atoms with van der Waals surface area (Å²) < 4.78 is 5.97. The van der Waals surface area contributed by atoms with Crippen LogP contribution in [0.25, 0.3) is 0 Å². The highest BCUT2D eigenvalue weighted by atomic mass is 16.5. The van der Waals surface area contributed by atoms with Crippen LogP contribution in [0.1, 0.15) is 56.0 Å². The van der Waals surface area contributed by atoms with Crippen LogP contribution in [0.15, 0.2) is 0 Å². The molecule has 1 amide bonds. The molecule has 0 unspecified atom stereocenters. The molecule has 2 fully saturated rings. The van der Waals surface area contributed by atoms with Gasteiger partial charge in [-0.05, 0) is 40.0 Å². The Morgan fingerprint density at radius 3 is 2.65 bits per heavy atom. The van der Waals surface area contributed by atoms with Gasteiger partial charge in [0.2, 0.25) is 5.91 Å². The topological polar surface area (TPSA) is 58.2 Å². The number of aromatic nitrogens is 2. The normalized spacial score (nSPS) is 25.6. The van der Waals surface area contributed by atoms with E-state index >= 15 is 0 Å². The minimum atomic E-state index is 0.198. The number of hydrogen-bond acceptors (Lipinski definition) is 3. The molecule has 1 aromatic heterocycles. The lowest BCUT2D eigenvalue weighted by atomic mass is 9.60. The molecule has 0 aliphatic heterocycles. The first-order valence-corrected chi connectivity index (χ1v) is 8.87. The van der Waals surface area contributed by atoms with Crippen molar-refractivity contribution in [3.05, 3.63) is 17.0 Å². The molecule has 1 aromatic rings. The third-order valence-corrected chi connectivity index (χ3v) is 6.11. The van der Waals surface area contributed by atoms with Gasteiger partial charge in [-0.15, -0.1) is 0 Å². The fraction of sp³-hybridized carbons (Fsp3) is 0.778. The maximum absolute atomic E-state index is 12.8. The summed E-state index contributed by atoms with van der Waals surface area (Å²) in [5.41, 5.74) is 3.19. The lowest BCUT2D eigenvalue weighted by Gasteiger charge is -2.57. The largest absolute Gasteiger partial charge is 0.378 e. The van der Waals surface area contributed by atoms with Crippen LogP contribution in [-0.4, -0.2) is 46.8 Å². The first kappa shape index (κ1) is 16.5. The number of nitrogens with one attached hydrogen (secondary N) is 1. The van der Waals surface area contributed by atoms with Crippen molar-refractivity contribution in [2.75, 3.05) is 13.7 Å². The summed E-state index contributed by atoms with van der Waals surface area (Å²) in [5, 5.41) is 7.17. The van der Waals surface area contributed by atoms with E-state index in [1.54, 1.807) is 0 Å². The van der Waals surface area contributed by atoms with Crippen molar-refractivity contribution >= 4 is 5.91 Å². The van der Waals surface area contributed by atoms with Gasteiger partial charge in [-0.25, -0.2) is 0 Å². The van der Waals surface area contributed by atoms with Crippen molar-refractivity contribution in [3.8, 4) is 0 Å². The number of likely N-dealkylation sites (N-methyl/N-ethyl adjacent to an activating group) is 1. The SMILES string of the molecule is CCO[C@@H]1C[C@@H](N(C)C(=O)Cc2c(C)n[nH]c2C)C12CCCC2. The molecule has 5 heteroatoms. The Labute approximate surface area is 138 Å². The third-order valence-electron chi connectivity index (χ3n) is 6.11. The molecule has 23 heavy (non-hydrogen) atoms. The summed E-state index contributed by atoms with van der Waals surface area (Å²) >= 11 is 0. The number of hydrogen-bond donors (Lipinski definition) is 1. The maximum atomic E-state index is 12.8. The summed E-state index contributed by atoms with van der Waals surface area (Å²) in [5.74, 6) is 0.198. The molecule has 1 heterocycles. The Morgan fingerprint density at radius 1 is 1.39 bits per heavy atom. The molecule has 2 atom stereocenters. The van der Waals surface area contributed by atoms with E-state index in [9.17, 15) is 4.79 Å². The average Bonchev–Trinajstić information content (AvgIpc) is 3.14. The number of aromatic amines is 1. The van der Waals surface area contributed by atoms with Gasteiger partial charge in [0.15, 0.2) is 0 Å². The standard InChI is InChI=1S/C18H29N3O2/c1-5-23-16-11-15(18(16)8-6-7-9-18)21(4)17(22)10-14-12(2)19-20-13(14)3/h15-16H,5-11H2,1-4H3,(H,19,20)/t15-,16-/m1/s1. The number of ether oxygens (including phenoxy) is 1. The average molecular weight is 319 g/mol. The Morgan fingerprint density at radius 2 is 2.09 bits per heavy atom. The van der Waals surface area contributed by atoms with Gasteiger partial charge in [0, 0.05) is 36.4 Å². The van der Waals surface area contributed by atoms with Crippen molar-refractivity contribution in [2.45, 2.75) is 71.4 Å². The van der Waals surface area contributed by atoms with E-state index in [-0.39, 0.29) is 11.3 Å². The van der Waals surface area contributed by atoms with Gasteiger partial charge < -0.3 is 9.64 Å². The molecule has 2 saturated carbocycles. The van der Waals surface area contributed by atoms with Crippen molar-refractivity contribution in [3.63, 3.8) is 0 Å². The summed E-state index contributed by atoms with van der Waals surface area (Å²) in [4.78, 5) is 14.8. The third kappa shape index (κ3) is 2.69. The zero-order chi connectivity index (χ0) is 16.6. The second-order valence-corrected chi connectivity index (χ2v) is 7.23. The van der Waals surface area contributed by atoms with Crippen LogP contribution in [0.3, 0.4) is 0 Å². The monoisotopic (exact) mass is 319 g/mol. The molecular weight excluding hydrogens is 290 g/mol. The zero-order valence-electron chi connectivity index (χ0n) is 14.8. The van der Waals surface area contributed by atoms with Gasteiger partial charge in [-0.2, -0.15) is 5.10 Å². The van der Waals surface area contributed by atoms with Crippen molar-refractivity contribution in [1.82, 2.24) is 15.1 Å². The smallest absolute Gasteiger partial charge is 0.227 e. The van der Waals surface area contributed by atoms with Gasteiger partial charge >= 0.3 is 0 Å². The Bertz CT molecular complexity index is 555. The second kappa shape index (κ2) is 6.27. The van der Waals surface area contributed by atoms with Crippen LogP contribution in [0.5, 0.6) is 0 Å². The maximum Gasteiger partial charge on any atom is 0.227 e. The highest BCUT2D eigenvalue weighted by molar-refractivity contribution is 5.79. The number of carbonyl (C=O) groups excluding carboxylic acids is 1. The molecule has 0 radical (unpaired) electrons. The molecule has 1 N–H and O–H groups in total. The van der Waals surface area contributed by atoms with Gasteiger partial charge in [-0.1, -0.05) is 12.8 Å². The molecule has 5 nitrogen and oxygen atoms in total. The first-order valence-electron chi connectivity index (χ1n) is 8.87. The van der Waals surface area contributed by atoms with E-state index in [0.29, 0.717) is 18.6 Å². The summed E-state index contributed by atoms with van der Waals surface area (Å²) in [6, 6.07) is 0.335. The molecular formula is C18H29N3O2. The number of nitrogens with zero attached hydrogens (tertiary/aromatic N) is 2. The quantitative estimate of drug-likeness (QED) is 0.908. The van der Waals surface area contributed by atoms with Crippen LogP contribution in [0.4, 0.5) is 0 Å². The predicted octanol–water partition coefficient (Wildman–Crippen LogP) is 2.77. The fourth-order valence-electron chi connectivity index (χ4n) is 4.68. The van der Waals surface area contributed by atoms with Gasteiger partial charge in [0.25, 0.3) is 0 Å². The lowest BCUT2D eigenvalue weighted by molar-refractivity contribution is -0.172. The summed E-state index contributed by atoms with van der Waals surface area (Å²) in [6.07, 6.45) is 6.70. The summed E-state index contributed by atoms with van der Waals surface area (Å²) in [7, 11) is 1.97. The Kier molecular flexibility index (Phi) is 4.50. The van der Waals surface area contributed by atoms with Crippen molar-refractivity contribution < 1.29 is 9.53 Å². The van der Waals surface area contributed by atoms with E-state index in [2.05, 4.69) is 17.1 Å². The zero-order valence-corrected chi connectivity index (χ0v) is 14.8. The summed E-state index contributed by atoms with van der Waals surface area (Å²) in [6.45, 7) is 6.77. The second-order valence-electron chi connectivity index (χ2n) is 7.23. The number of amides is 1. The van der Waals surface area contributed by atoms with E-state index in [1.165, 1.54) is 25.7 Å². The van der Waals surface area contributed by atoms with Crippen molar-refractivity contribution in [1.29, 1.82) is 0 Å². The van der Waals surface area contributed by atoms with Crippen LogP contribution in [0.2, 0.25) is 0 Å². The highest BCUT2D eigenvalue weighted by Crippen LogP contribution is 2.56. The molecule has 3 rings (SSSR count). The predicted molar refractivity (Wildman–Crippen MR) is 89.3 cm³/mol. The van der Waals surface area contributed by atoms with Gasteiger partial charge in [-0.3, -0.25) is 9.89 Å². The first-order chi connectivity index (χ1) is 11.0. The minimum Gasteiger partial charge on any atom is -0.378 e. The highest BCUT2D eigenvalue weighted by Gasteiger charge is 2.58. The molecule has 0 aromatic carbocycles. The molecule has 2 aliphatic rings. The van der Waals surface area contributed by atoms with Crippen LogP contribution >= 0.6 is 0 Å². The molecule has 2 aliphatic carbocycles. The van der Waals surface area contributed by atoms with E-state index < -0.39 is 0 Å². The number of aryl methyl sites for hydroxylation is 2. The number of H-pyrrole nitrogens is 1. The lowest BCUT2D eigenvalue weighted by Crippen LogP contribution is -2.64. The van der Waals surface area contributed by atoms with Crippen LogP contribution in [-0.2, 0) is 16.0 Å². The molecule has 0 saturated heterocycles. The van der Waals surface area contributed by atoms with E-state index in [1.807, 2.05) is 25.8 Å². The van der Waals surface area contributed by atoms with Gasteiger partial charge in [0.05, 0.1) is 18.2 Å². The number of carbonyl (C=O) groups is 1. The molecule has 1 spiro atoms. The Hall–Kier alpha value is -1.36. The number of rotatable bonds is 5. The molecule has 128 valence electrons. The minimum absolute atomic E-state index is 0.198. The van der Waals surface area contributed by atoms with Gasteiger partial charge in [0.1, 0.15) is 0 Å². The van der Waals surface area contributed by atoms with Crippen molar-refractivity contribution in [2.24, 2.45) is 5.41 Å². The molecule has 0 bridgehead atoms. The fourth-order valence-corrected chi connectivity index (χ4v) is 4.68.